The average Bonchev–Trinajstić information content (AvgIpc) is 2.88. The van der Waals surface area contributed by atoms with Crippen molar-refractivity contribution in [1.29, 1.82) is 0 Å². The van der Waals surface area contributed by atoms with E-state index in [0.717, 1.165) is 23.4 Å². The molecule has 0 fully saturated rings. The van der Waals surface area contributed by atoms with Gasteiger partial charge in [0.1, 0.15) is 5.69 Å². The largest absolute Gasteiger partial charge is 0.451 e. The number of rotatable bonds is 5. The number of aryl methyl sites for hydroxylation is 1. The van der Waals surface area contributed by atoms with Gasteiger partial charge in [0, 0.05) is 13.1 Å². The second-order valence-corrected chi connectivity index (χ2v) is 5.92. The number of nitrogens with zero attached hydrogens (tertiary/aromatic N) is 4. The number of alkyl halides is 3. The van der Waals surface area contributed by atoms with Gasteiger partial charge in [0.05, 0.1) is 10.7 Å². The van der Waals surface area contributed by atoms with Crippen LogP contribution in [0, 0.1) is 17.0 Å². The Balaban J connectivity index is 2.05. The van der Waals surface area contributed by atoms with Gasteiger partial charge >= 0.3 is 6.18 Å². The molecule has 1 heterocycles. The van der Waals surface area contributed by atoms with Gasteiger partial charge in [0.15, 0.2) is 5.16 Å². The number of hydrogen-bond donors (Lipinski definition) is 1. The molecular formula is C13H12F3N5O3S. The number of aromatic nitrogens is 3. The molecule has 0 radical (unpaired) electrons. The van der Waals surface area contributed by atoms with Crippen LogP contribution < -0.4 is 5.32 Å². The van der Waals surface area contributed by atoms with E-state index in [1.54, 1.807) is 13.0 Å². The van der Waals surface area contributed by atoms with Crippen LogP contribution in [0.15, 0.2) is 23.4 Å². The predicted octanol–water partition coefficient (Wildman–Crippen LogP) is 2.78. The van der Waals surface area contributed by atoms with E-state index >= 15 is 0 Å². The van der Waals surface area contributed by atoms with Crippen LogP contribution in [0.1, 0.15) is 11.4 Å². The predicted molar refractivity (Wildman–Crippen MR) is 83.2 cm³/mol. The van der Waals surface area contributed by atoms with Crippen molar-refractivity contribution in [3.63, 3.8) is 0 Å². The number of hydrogen-bond acceptors (Lipinski definition) is 6. The summed E-state index contributed by atoms with van der Waals surface area (Å²) < 4.78 is 38.6. The third-order valence-corrected chi connectivity index (χ3v) is 4.07. The summed E-state index contributed by atoms with van der Waals surface area (Å²) in [7, 11) is 1.13. The molecule has 1 aromatic carbocycles. The fraction of sp³-hybridized carbons (Fsp3) is 0.308. The maximum atomic E-state index is 12.6. The van der Waals surface area contributed by atoms with Crippen molar-refractivity contribution in [1.82, 2.24) is 14.8 Å². The third kappa shape index (κ3) is 4.47. The standard InChI is InChI=1S/C13H12F3N5O3S/c1-7-3-4-8(9(5-7)21(23)24)17-10(22)6-25-12-19-18-11(20(12)2)13(14,15)16/h3-5H,6H2,1-2H3,(H,17,22). The highest BCUT2D eigenvalue weighted by atomic mass is 32.2. The second-order valence-electron chi connectivity index (χ2n) is 4.98. The number of carbonyl (C=O) groups excluding carboxylic acids is 1. The van der Waals surface area contributed by atoms with E-state index in [1.165, 1.54) is 12.1 Å². The number of thioether (sulfide) groups is 1. The highest BCUT2D eigenvalue weighted by molar-refractivity contribution is 7.99. The van der Waals surface area contributed by atoms with Crippen molar-refractivity contribution in [3.05, 3.63) is 39.7 Å². The van der Waals surface area contributed by atoms with Crippen LogP contribution in [-0.4, -0.2) is 31.3 Å². The maximum absolute atomic E-state index is 12.6. The van der Waals surface area contributed by atoms with Gasteiger partial charge in [0.2, 0.25) is 11.7 Å². The Morgan fingerprint density at radius 1 is 1.40 bits per heavy atom. The van der Waals surface area contributed by atoms with E-state index in [-0.39, 0.29) is 22.3 Å². The zero-order valence-electron chi connectivity index (χ0n) is 13.0. The summed E-state index contributed by atoms with van der Waals surface area (Å²) in [5, 5.41) is 19.7. The zero-order chi connectivity index (χ0) is 18.8. The first-order valence-corrected chi connectivity index (χ1v) is 7.72. The lowest BCUT2D eigenvalue weighted by atomic mass is 10.2. The molecule has 1 aromatic heterocycles. The Labute approximate surface area is 143 Å². The Morgan fingerprint density at radius 3 is 2.64 bits per heavy atom. The first kappa shape index (κ1) is 18.7. The molecule has 134 valence electrons. The first-order valence-electron chi connectivity index (χ1n) is 6.74. The number of benzene rings is 1. The van der Waals surface area contributed by atoms with Crippen LogP contribution in [-0.2, 0) is 18.0 Å². The SMILES string of the molecule is Cc1ccc(NC(=O)CSc2nnc(C(F)(F)F)n2C)c([N+](=O)[O-])c1. The van der Waals surface area contributed by atoms with Gasteiger partial charge < -0.3 is 9.88 Å². The number of amides is 1. The van der Waals surface area contributed by atoms with E-state index in [4.69, 9.17) is 0 Å². The number of anilines is 1. The Bertz CT molecular complexity index is 822. The molecule has 0 saturated carbocycles. The van der Waals surface area contributed by atoms with Crippen LogP contribution >= 0.6 is 11.8 Å². The molecule has 0 bridgehead atoms. The summed E-state index contributed by atoms with van der Waals surface area (Å²) in [4.78, 5) is 22.3. The lowest BCUT2D eigenvalue weighted by Gasteiger charge is -2.07. The summed E-state index contributed by atoms with van der Waals surface area (Å²) in [6.45, 7) is 1.67. The fourth-order valence-corrected chi connectivity index (χ4v) is 2.61. The van der Waals surface area contributed by atoms with E-state index in [0.29, 0.717) is 5.56 Å². The number of carbonyl (C=O) groups is 1. The Hall–Kier alpha value is -2.63. The number of nitrogens with one attached hydrogen (secondary N) is 1. The lowest BCUT2D eigenvalue weighted by Crippen LogP contribution is -2.16. The Kier molecular flexibility index (Phi) is 5.30. The van der Waals surface area contributed by atoms with Crippen LogP contribution in [0.5, 0.6) is 0 Å². The normalized spacial score (nSPS) is 11.4. The van der Waals surface area contributed by atoms with E-state index < -0.39 is 22.8 Å². The molecule has 0 aliphatic heterocycles. The number of nitro groups is 1. The van der Waals surface area contributed by atoms with Crippen molar-refractivity contribution in [2.75, 3.05) is 11.1 Å². The molecule has 0 spiro atoms. The van der Waals surface area contributed by atoms with Crippen molar-refractivity contribution >= 4 is 29.0 Å². The Morgan fingerprint density at radius 2 is 2.08 bits per heavy atom. The zero-order valence-corrected chi connectivity index (χ0v) is 13.8. The number of nitro benzene ring substituents is 1. The molecule has 1 amide bonds. The van der Waals surface area contributed by atoms with Crippen molar-refractivity contribution in [2.24, 2.45) is 7.05 Å². The summed E-state index contributed by atoms with van der Waals surface area (Å²) in [6.07, 6.45) is -4.65. The monoisotopic (exact) mass is 375 g/mol. The minimum Gasteiger partial charge on any atom is -0.320 e. The molecule has 2 aromatic rings. The quantitative estimate of drug-likeness (QED) is 0.490. The molecule has 1 N–H and O–H groups in total. The molecule has 25 heavy (non-hydrogen) atoms. The summed E-state index contributed by atoms with van der Waals surface area (Å²) >= 11 is 0.736. The number of halogens is 3. The van der Waals surface area contributed by atoms with Crippen LogP contribution in [0.2, 0.25) is 0 Å². The molecule has 0 aliphatic rings. The second kappa shape index (κ2) is 7.09. The highest BCUT2D eigenvalue weighted by Gasteiger charge is 2.37. The molecule has 12 heteroatoms. The molecule has 0 saturated heterocycles. The van der Waals surface area contributed by atoms with Crippen LogP contribution in [0.3, 0.4) is 0 Å². The molecular weight excluding hydrogens is 363 g/mol. The van der Waals surface area contributed by atoms with E-state index in [2.05, 4.69) is 15.5 Å². The van der Waals surface area contributed by atoms with Gasteiger partial charge in [-0.05, 0) is 18.6 Å². The topological polar surface area (TPSA) is 103 Å². The molecule has 8 nitrogen and oxygen atoms in total. The summed E-state index contributed by atoms with van der Waals surface area (Å²) in [6, 6.07) is 4.29. The summed E-state index contributed by atoms with van der Waals surface area (Å²) in [5.41, 5.74) is 0.393. The fourth-order valence-electron chi connectivity index (χ4n) is 1.90. The third-order valence-electron chi connectivity index (χ3n) is 3.04. The lowest BCUT2D eigenvalue weighted by molar-refractivity contribution is -0.384. The molecule has 0 aliphatic carbocycles. The maximum Gasteiger partial charge on any atom is 0.451 e. The average molecular weight is 375 g/mol. The van der Waals surface area contributed by atoms with Crippen molar-refractivity contribution in [2.45, 2.75) is 18.3 Å². The van der Waals surface area contributed by atoms with Gasteiger partial charge in [-0.2, -0.15) is 13.2 Å². The minimum atomic E-state index is -4.65. The first-order chi connectivity index (χ1) is 11.6. The highest BCUT2D eigenvalue weighted by Crippen LogP contribution is 2.30. The van der Waals surface area contributed by atoms with Crippen LogP contribution in [0.25, 0.3) is 0 Å². The van der Waals surface area contributed by atoms with Gasteiger partial charge in [-0.3, -0.25) is 14.9 Å². The van der Waals surface area contributed by atoms with Crippen molar-refractivity contribution < 1.29 is 22.9 Å². The van der Waals surface area contributed by atoms with Gasteiger partial charge in [-0.25, -0.2) is 0 Å². The molecule has 0 unspecified atom stereocenters. The van der Waals surface area contributed by atoms with Gasteiger partial charge in [-0.1, -0.05) is 17.8 Å². The molecule has 2 rings (SSSR count). The van der Waals surface area contributed by atoms with Gasteiger partial charge in [0.25, 0.3) is 5.69 Å². The van der Waals surface area contributed by atoms with Gasteiger partial charge in [-0.15, -0.1) is 10.2 Å². The summed E-state index contributed by atoms with van der Waals surface area (Å²) in [5.74, 6) is -2.08. The van der Waals surface area contributed by atoms with E-state index in [9.17, 15) is 28.1 Å². The van der Waals surface area contributed by atoms with Crippen LogP contribution in [0.4, 0.5) is 24.5 Å². The minimum absolute atomic E-state index is 0.00939. The van der Waals surface area contributed by atoms with Crippen molar-refractivity contribution in [3.8, 4) is 0 Å². The molecule has 0 atom stereocenters. The smallest absolute Gasteiger partial charge is 0.320 e. The van der Waals surface area contributed by atoms with E-state index in [1.807, 2.05) is 0 Å².